The van der Waals surface area contributed by atoms with E-state index in [0.29, 0.717) is 32.0 Å². The molecule has 0 spiro atoms. The average molecular weight is 338 g/mol. The predicted octanol–water partition coefficient (Wildman–Crippen LogP) is 1.78. The van der Waals surface area contributed by atoms with Crippen LogP contribution in [0, 0.1) is 0 Å². The topological polar surface area (TPSA) is 53.0 Å². The molecule has 6 heteroatoms. The summed E-state index contributed by atoms with van der Waals surface area (Å²) in [7, 11) is 0. The summed E-state index contributed by atoms with van der Waals surface area (Å²) in [6.07, 6.45) is 0.650. The Morgan fingerprint density at radius 1 is 1.39 bits per heavy atom. The fourth-order valence-corrected chi connectivity index (χ4v) is 4.18. The van der Waals surface area contributed by atoms with Gasteiger partial charge in [-0.25, -0.2) is 0 Å². The van der Waals surface area contributed by atoms with E-state index >= 15 is 0 Å². The summed E-state index contributed by atoms with van der Waals surface area (Å²) in [6, 6.07) is 2.00. The summed E-state index contributed by atoms with van der Waals surface area (Å²) in [5, 5.41) is 12.8. The van der Waals surface area contributed by atoms with Crippen LogP contribution in [0.3, 0.4) is 0 Å². The van der Waals surface area contributed by atoms with Crippen molar-refractivity contribution in [2.75, 3.05) is 45.9 Å². The van der Waals surface area contributed by atoms with E-state index in [9.17, 15) is 9.90 Å². The molecule has 1 aromatic rings. The van der Waals surface area contributed by atoms with Crippen molar-refractivity contribution in [1.82, 2.24) is 9.80 Å². The highest BCUT2D eigenvalue weighted by Crippen LogP contribution is 2.28. The molecule has 5 nitrogen and oxygen atoms in total. The quantitative estimate of drug-likeness (QED) is 0.909. The molecule has 3 rings (SSSR count). The Labute approximate surface area is 141 Å². The van der Waals surface area contributed by atoms with Crippen molar-refractivity contribution in [2.45, 2.75) is 31.8 Å². The van der Waals surface area contributed by atoms with E-state index in [1.807, 2.05) is 11.4 Å². The number of rotatable bonds is 4. The lowest BCUT2D eigenvalue weighted by atomic mass is 10.0. The monoisotopic (exact) mass is 338 g/mol. The van der Waals surface area contributed by atoms with Crippen molar-refractivity contribution in [2.24, 2.45) is 0 Å². The number of morpholine rings is 1. The molecule has 2 saturated heterocycles. The molecule has 1 N–H and O–H groups in total. The molecule has 2 fully saturated rings. The molecule has 0 aliphatic carbocycles. The molecule has 1 amide bonds. The molecule has 0 radical (unpaired) electrons. The highest BCUT2D eigenvalue weighted by molar-refractivity contribution is 7.10. The lowest BCUT2D eigenvalue weighted by Gasteiger charge is -2.33. The van der Waals surface area contributed by atoms with Crippen LogP contribution in [-0.4, -0.2) is 72.4 Å². The van der Waals surface area contributed by atoms with E-state index in [0.717, 1.165) is 31.9 Å². The SMILES string of the molecule is CC(C)c1cc(C(=O)N2CC[C@](O)(CN3CCOCC3)C2)cs1. The van der Waals surface area contributed by atoms with Gasteiger partial charge in [0.15, 0.2) is 0 Å². The normalized spacial score (nSPS) is 26.2. The minimum atomic E-state index is -0.788. The first kappa shape index (κ1) is 16.9. The fraction of sp³-hybridized carbons (Fsp3) is 0.706. The molecule has 0 aromatic carbocycles. The van der Waals surface area contributed by atoms with Crippen molar-refractivity contribution in [3.8, 4) is 0 Å². The Morgan fingerprint density at radius 2 is 2.13 bits per heavy atom. The van der Waals surface area contributed by atoms with Crippen molar-refractivity contribution in [3.05, 3.63) is 21.9 Å². The van der Waals surface area contributed by atoms with E-state index in [-0.39, 0.29) is 5.91 Å². The number of ether oxygens (including phenoxy) is 1. The third kappa shape index (κ3) is 3.94. The van der Waals surface area contributed by atoms with Gasteiger partial charge in [0.05, 0.1) is 30.9 Å². The second-order valence-corrected chi connectivity index (χ2v) is 7.92. The van der Waals surface area contributed by atoms with Crippen LogP contribution in [0.5, 0.6) is 0 Å². The molecular formula is C17H26N2O3S. The number of hydrogen-bond donors (Lipinski definition) is 1. The number of β-amino-alcohol motifs (C(OH)–C–C–N with tert-alkyl or cyclic N) is 1. The summed E-state index contributed by atoms with van der Waals surface area (Å²) in [6.45, 7) is 9.13. The van der Waals surface area contributed by atoms with Crippen LogP contribution < -0.4 is 0 Å². The molecule has 1 atom stereocenters. The highest BCUT2D eigenvalue weighted by atomic mass is 32.1. The van der Waals surface area contributed by atoms with Gasteiger partial charge in [-0.05, 0) is 18.4 Å². The number of thiophene rings is 1. The number of amides is 1. The maximum Gasteiger partial charge on any atom is 0.254 e. The van der Waals surface area contributed by atoms with Crippen LogP contribution in [0.2, 0.25) is 0 Å². The molecule has 2 aliphatic rings. The summed E-state index contributed by atoms with van der Waals surface area (Å²) < 4.78 is 5.35. The number of carbonyl (C=O) groups is 1. The standard InChI is InChI=1S/C17H26N2O3S/c1-13(2)15-9-14(10-23-15)16(20)19-4-3-17(21,12-19)11-18-5-7-22-8-6-18/h9-10,13,21H,3-8,11-12H2,1-2H3/t17-/m0/s1. The summed E-state index contributed by atoms with van der Waals surface area (Å²) in [4.78, 5) is 17.9. The highest BCUT2D eigenvalue weighted by Gasteiger charge is 2.40. The van der Waals surface area contributed by atoms with Crippen LogP contribution in [0.15, 0.2) is 11.4 Å². The largest absolute Gasteiger partial charge is 0.387 e. The van der Waals surface area contributed by atoms with Gasteiger partial charge >= 0.3 is 0 Å². The molecule has 0 saturated carbocycles. The number of hydrogen-bond acceptors (Lipinski definition) is 5. The van der Waals surface area contributed by atoms with Gasteiger partial charge in [0.25, 0.3) is 5.91 Å². The Hall–Kier alpha value is -0.950. The van der Waals surface area contributed by atoms with E-state index in [1.54, 1.807) is 16.2 Å². The maximum absolute atomic E-state index is 12.7. The summed E-state index contributed by atoms with van der Waals surface area (Å²) >= 11 is 1.64. The smallest absolute Gasteiger partial charge is 0.254 e. The number of aliphatic hydroxyl groups is 1. The van der Waals surface area contributed by atoms with E-state index in [4.69, 9.17) is 4.74 Å². The number of likely N-dealkylation sites (tertiary alicyclic amines) is 1. The van der Waals surface area contributed by atoms with Gasteiger partial charge in [-0.1, -0.05) is 13.8 Å². The second-order valence-electron chi connectivity index (χ2n) is 6.98. The predicted molar refractivity (Wildman–Crippen MR) is 91.1 cm³/mol. The van der Waals surface area contributed by atoms with Crippen LogP contribution >= 0.6 is 11.3 Å². The van der Waals surface area contributed by atoms with E-state index in [2.05, 4.69) is 18.7 Å². The van der Waals surface area contributed by atoms with Crippen molar-refractivity contribution < 1.29 is 14.6 Å². The molecule has 128 valence electrons. The summed E-state index contributed by atoms with van der Waals surface area (Å²) in [5.41, 5.74) is -0.0292. The van der Waals surface area contributed by atoms with E-state index < -0.39 is 5.60 Å². The Bertz CT molecular complexity index is 554. The third-order valence-electron chi connectivity index (χ3n) is 4.68. The van der Waals surface area contributed by atoms with Gasteiger partial charge in [-0.2, -0.15) is 0 Å². The van der Waals surface area contributed by atoms with Crippen LogP contribution in [0.1, 0.15) is 41.4 Å². The molecule has 0 unspecified atom stereocenters. The van der Waals surface area contributed by atoms with Crippen LogP contribution in [0.25, 0.3) is 0 Å². The van der Waals surface area contributed by atoms with Gasteiger partial charge in [-0.3, -0.25) is 9.69 Å². The average Bonchev–Trinajstić information content (AvgIpc) is 3.15. The first-order valence-corrected chi connectivity index (χ1v) is 9.25. The molecule has 3 heterocycles. The lowest BCUT2D eigenvalue weighted by molar-refractivity contribution is -0.0257. The van der Waals surface area contributed by atoms with Gasteiger partial charge in [0.1, 0.15) is 0 Å². The lowest BCUT2D eigenvalue weighted by Crippen LogP contribution is -2.49. The molecule has 1 aromatic heterocycles. The zero-order chi connectivity index (χ0) is 16.4. The second kappa shape index (κ2) is 6.89. The Balaban J connectivity index is 1.60. The van der Waals surface area contributed by atoms with Gasteiger partial charge in [0.2, 0.25) is 0 Å². The first-order valence-electron chi connectivity index (χ1n) is 8.37. The Morgan fingerprint density at radius 3 is 2.78 bits per heavy atom. The maximum atomic E-state index is 12.7. The van der Waals surface area contributed by atoms with Crippen LogP contribution in [0.4, 0.5) is 0 Å². The third-order valence-corrected chi connectivity index (χ3v) is 5.91. The van der Waals surface area contributed by atoms with Crippen LogP contribution in [-0.2, 0) is 4.74 Å². The van der Waals surface area contributed by atoms with Gasteiger partial charge in [0, 0.05) is 36.4 Å². The van der Waals surface area contributed by atoms with Gasteiger partial charge < -0.3 is 14.7 Å². The first-order chi connectivity index (χ1) is 11.0. The molecule has 23 heavy (non-hydrogen) atoms. The number of nitrogens with zero attached hydrogens (tertiary/aromatic N) is 2. The van der Waals surface area contributed by atoms with Crippen molar-refractivity contribution in [1.29, 1.82) is 0 Å². The molecular weight excluding hydrogens is 312 g/mol. The van der Waals surface area contributed by atoms with Crippen molar-refractivity contribution in [3.63, 3.8) is 0 Å². The number of carbonyl (C=O) groups excluding carboxylic acids is 1. The fourth-order valence-electron chi connectivity index (χ4n) is 3.28. The van der Waals surface area contributed by atoms with Crippen molar-refractivity contribution >= 4 is 17.2 Å². The zero-order valence-corrected chi connectivity index (χ0v) is 14.8. The van der Waals surface area contributed by atoms with E-state index in [1.165, 1.54) is 4.88 Å². The minimum absolute atomic E-state index is 0.0473. The summed E-state index contributed by atoms with van der Waals surface area (Å²) in [5.74, 6) is 0.490. The van der Waals surface area contributed by atoms with Gasteiger partial charge in [-0.15, -0.1) is 11.3 Å². The molecule has 2 aliphatic heterocycles. The zero-order valence-electron chi connectivity index (χ0n) is 14.0. The molecule has 0 bridgehead atoms. The Kier molecular flexibility index (Phi) is 5.06. The minimum Gasteiger partial charge on any atom is -0.387 e.